The van der Waals surface area contributed by atoms with E-state index in [9.17, 15) is 4.79 Å². The van der Waals surface area contributed by atoms with E-state index >= 15 is 0 Å². The molecule has 1 aromatic rings. The summed E-state index contributed by atoms with van der Waals surface area (Å²) in [6, 6.07) is 0. The average molecular weight is 399 g/mol. The van der Waals surface area contributed by atoms with Crippen LogP contribution in [0, 0.1) is 5.92 Å². The van der Waals surface area contributed by atoms with Crippen molar-refractivity contribution in [3.8, 4) is 0 Å². The van der Waals surface area contributed by atoms with Crippen LogP contribution in [0.1, 0.15) is 32.9 Å². The molecule has 0 saturated carbocycles. The van der Waals surface area contributed by atoms with Gasteiger partial charge >= 0.3 is 5.97 Å². The number of hydrogen-bond acceptors (Lipinski definition) is 5. The van der Waals surface area contributed by atoms with E-state index in [-0.39, 0.29) is 11.9 Å². The van der Waals surface area contributed by atoms with Crippen LogP contribution in [0.4, 0.5) is 5.13 Å². The fraction of sp³-hybridized carbons (Fsp3) is 0.304. The molecule has 0 radical (unpaired) electrons. The lowest BCUT2D eigenvalue weighted by atomic mass is 9.98. The molecule has 0 bridgehead atoms. The smallest absolute Gasteiger partial charge is 0.311 e. The number of carbonyl (C=O) groups excluding carboxylic acids is 1. The predicted molar refractivity (Wildman–Crippen MR) is 121 cm³/mol. The fourth-order valence-corrected chi connectivity index (χ4v) is 3.23. The molecule has 1 aromatic heterocycles. The average Bonchev–Trinajstić information content (AvgIpc) is 3.14. The molecule has 0 fully saturated rings. The van der Waals surface area contributed by atoms with Crippen LogP contribution in [0.3, 0.4) is 0 Å². The summed E-state index contributed by atoms with van der Waals surface area (Å²) in [5, 5.41) is 6.06. The summed E-state index contributed by atoms with van der Waals surface area (Å²) in [7, 11) is 0. The van der Waals surface area contributed by atoms with E-state index in [1.807, 2.05) is 62.6 Å². The highest BCUT2D eigenvalue weighted by atomic mass is 32.1. The number of anilines is 1. The Morgan fingerprint density at radius 2 is 2.11 bits per heavy atom. The molecule has 0 saturated heterocycles. The van der Waals surface area contributed by atoms with Gasteiger partial charge in [-0.15, -0.1) is 11.3 Å². The van der Waals surface area contributed by atoms with Crippen molar-refractivity contribution in [1.29, 1.82) is 0 Å². The Morgan fingerprint density at radius 1 is 1.32 bits per heavy atom. The highest BCUT2D eigenvalue weighted by Crippen LogP contribution is 2.23. The van der Waals surface area contributed by atoms with Crippen LogP contribution in [-0.4, -0.2) is 24.1 Å². The molecule has 4 nitrogen and oxygen atoms in total. The van der Waals surface area contributed by atoms with Gasteiger partial charge in [-0.25, -0.2) is 4.98 Å². The van der Waals surface area contributed by atoms with Crippen LogP contribution in [0.15, 0.2) is 72.7 Å². The number of aromatic nitrogens is 1. The van der Waals surface area contributed by atoms with Crippen molar-refractivity contribution in [1.82, 2.24) is 4.98 Å². The van der Waals surface area contributed by atoms with Crippen molar-refractivity contribution in [2.75, 3.05) is 18.5 Å². The van der Waals surface area contributed by atoms with Crippen LogP contribution < -0.4 is 5.32 Å². The molecule has 28 heavy (non-hydrogen) atoms. The summed E-state index contributed by atoms with van der Waals surface area (Å²) in [5.41, 5.74) is 3.01. The van der Waals surface area contributed by atoms with E-state index < -0.39 is 0 Å². The molecule has 0 aliphatic heterocycles. The molecule has 0 aliphatic carbocycles. The van der Waals surface area contributed by atoms with Gasteiger partial charge < -0.3 is 10.1 Å². The number of thiazole rings is 1. The van der Waals surface area contributed by atoms with Crippen LogP contribution in [0.2, 0.25) is 0 Å². The topological polar surface area (TPSA) is 51.2 Å². The second-order valence-corrected chi connectivity index (χ2v) is 6.88. The minimum atomic E-state index is -0.304. The molecular weight excluding hydrogens is 368 g/mol. The summed E-state index contributed by atoms with van der Waals surface area (Å²) in [5.74, 6) is -0.515. The molecule has 0 aliphatic rings. The molecule has 1 atom stereocenters. The van der Waals surface area contributed by atoms with E-state index in [1.165, 1.54) is 11.3 Å². The van der Waals surface area contributed by atoms with Crippen LogP contribution in [-0.2, 0) is 9.53 Å². The third-order valence-corrected chi connectivity index (χ3v) is 4.62. The first kappa shape index (κ1) is 23.4. The van der Waals surface area contributed by atoms with Crippen molar-refractivity contribution >= 4 is 28.0 Å². The monoisotopic (exact) mass is 398 g/mol. The first-order valence-electron chi connectivity index (χ1n) is 9.32. The number of ether oxygens (including phenoxy) is 1. The summed E-state index contributed by atoms with van der Waals surface area (Å²) in [6.45, 7) is 14.0. The Labute approximate surface area is 172 Å². The Hall–Kier alpha value is -2.66. The van der Waals surface area contributed by atoms with Crippen molar-refractivity contribution in [2.24, 2.45) is 5.92 Å². The van der Waals surface area contributed by atoms with E-state index in [4.69, 9.17) is 4.74 Å². The minimum Gasteiger partial charge on any atom is -0.466 e. The molecule has 1 heterocycles. The Morgan fingerprint density at radius 3 is 2.75 bits per heavy atom. The lowest BCUT2D eigenvalue weighted by Crippen LogP contribution is -2.25. The maximum Gasteiger partial charge on any atom is 0.311 e. The predicted octanol–water partition coefficient (Wildman–Crippen LogP) is 5.96. The van der Waals surface area contributed by atoms with Gasteiger partial charge in [0.05, 0.1) is 18.2 Å². The molecule has 1 rings (SSSR count). The van der Waals surface area contributed by atoms with Crippen molar-refractivity contribution in [2.45, 2.75) is 27.2 Å². The molecule has 150 valence electrons. The molecule has 1 N–H and O–H groups in total. The van der Waals surface area contributed by atoms with Crippen molar-refractivity contribution < 1.29 is 9.53 Å². The Kier molecular flexibility index (Phi) is 11.3. The van der Waals surface area contributed by atoms with Gasteiger partial charge in [0, 0.05) is 11.9 Å². The van der Waals surface area contributed by atoms with Crippen LogP contribution >= 0.6 is 11.3 Å². The number of esters is 1. The summed E-state index contributed by atoms with van der Waals surface area (Å²) >= 11 is 1.52. The zero-order valence-corrected chi connectivity index (χ0v) is 17.8. The fourth-order valence-electron chi connectivity index (χ4n) is 2.45. The number of allylic oxidation sites excluding steroid dienone is 10. The van der Waals surface area contributed by atoms with E-state index in [0.29, 0.717) is 19.6 Å². The van der Waals surface area contributed by atoms with E-state index in [2.05, 4.69) is 23.5 Å². The minimum absolute atomic E-state index is 0.211. The van der Waals surface area contributed by atoms with E-state index in [0.717, 1.165) is 22.0 Å². The van der Waals surface area contributed by atoms with E-state index in [1.54, 1.807) is 12.2 Å². The number of nitrogens with zero attached hydrogens (tertiary/aromatic N) is 1. The van der Waals surface area contributed by atoms with Gasteiger partial charge in [-0.05, 0) is 38.3 Å². The normalized spacial score (nSPS) is 13.7. The quantitative estimate of drug-likeness (QED) is 0.349. The third-order valence-electron chi connectivity index (χ3n) is 3.82. The Balaban J connectivity index is 2.85. The lowest BCUT2D eigenvalue weighted by molar-refractivity contribution is -0.147. The molecule has 1 unspecified atom stereocenters. The highest BCUT2D eigenvalue weighted by Gasteiger charge is 2.21. The van der Waals surface area contributed by atoms with Crippen molar-refractivity contribution in [3.63, 3.8) is 0 Å². The zero-order chi connectivity index (χ0) is 20.8. The van der Waals surface area contributed by atoms with Crippen molar-refractivity contribution in [3.05, 3.63) is 78.4 Å². The molecular formula is C23H30N2O2S. The molecule has 0 spiro atoms. The largest absolute Gasteiger partial charge is 0.466 e. The summed E-state index contributed by atoms with van der Waals surface area (Å²) in [4.78, 5) is 17.0. The molecule has 5 heteroatoms. The van der Waals surface area contributed by atoms with Gasteiger partial charge in [-0.1, -0.05) is 61.8 Å². The zero-order valence-electron chi connectivity index (χ0n) is 17.0. The van der Waals surface area contributed by atoms with Crippen LogP contribution in [0.5, 0.6) is 0 Å². The second kappa shape index (κ2) is 13.5. The summed E-state index contributed by atoms with van der Waals surface area (Å²) in [6.07, 6.45) is 15.7. The summed E-state index contributed by atoms with van der Waals surface area (Å²) < 4.78 is 5.25. The highest BCUT2D eigenvalue weighted by molar-refractivity contribution is 7.13. The standard InChI is InChI=1S/C23H30N2O2S/c1-6-10-11-14-18(5)21-17-28-23(25-21)24-16-20(22(26)27-9-4)15-19(12-7-2)13-8-3/h6-8,10-14,17,20H,1-2,9,15-16H2,3-5H3,(H,24,25)/b11-10-,13-8-,18-14+,19-12+. The van der Waals surface area contributed by atoms with Gasteiger partial charge in [0.1, 0.15) is 0 Å². The van der Waals surface area contributed by atoms with Gasteiger partial charge in [0.25, 0.3) is 0 Å². The van der Waals surface area contributed by atoms with Gasteiger partial charge in [0.15, 0.2) is 5.13 Å². The third kappa shape index (κ3) is 8.35. The maximum atomic E-state index is 12.4. The van der Waals surface area contributed by atoms with Gasteiger partial charge in [-0.2, -0.15) is 0 Å². The van der Waals surface area contributed by atoms with Gasteiger partial charge in [0.2, 0.25) is 0 Å². The SMILES string of the molecule is C=C/C=C\C=C(/C)c1csc(NCC(CC(/C=C\C)=C/C=C)C(=O)OCC)n1. The second-order valence-electron chi connectivity index (χ2n) is 6.02. The number of nitrogens with one attached hydrogen (secondary N) is 1. The molecule has 0 amide bonds. The first-order valence-corrected chi connectivity index (χ1v) is 10.2. The maximum absolute atomic E-state index is 12.4. The number of carbonyl (C=O) groups is 1. The van der Waals surface area contributed by atoms with Gasteiger partial charge in [-0.3, -0.25) is 4.79 Å². The Bertz CT molecular complexity index is 769. The number of rotatable bonds is 12. The molecule has 0 aromatic carbocycles. The number of hydrogen-bond donors (Lipinski definition) is 1. The lowest BCUT2D eigenvalue weighted by Gasteiger charge is -2.16. The first-order chi connectivity index (χ1) is 13.5. The van der Waals surface area contributed by atoms with Crippen LogP contribution in [0.25, 0.3) is 5.57 Å².